The summed E-state index contributed by atoms with van der Waals surface area (Å²) in [6.07, 6.45) is 3.60. The van der Waals surface area contributed by atoms with Crippen molar-refractivity contribution in [2.24, 2.45) is 0 Å². The Kier molecular flexibility index (Phi) is 4.41. The highest BCUT2D eigenvalue weighted by Crippen LogP contribution is 2.31. The highest BCUT2D eigenvalue weighted by molar-refractivity contribution is 6.30. The first-order chi connectivity index (χ1) is 10.6. The first-order valence-corrected chi connectivity index (χ1v) is 7.77. The number of halogens is 1. The second-order valence-electron chi connectivity index (χ2n) is 5.53. The lowest BCUT2D eigenvalue weighted by atomic mass is 10.1. The van der Waals surface area contributed by atoms with Gasteiger partial charge in [-0.15, -0.1) is 0 Å². The Labute approximate surface area is 134 Å². The number of carbonyl (C=O) groups excluding carboxylic acids is 1. The second kappa shape index (κ2) is 6.46. The Morgan fingerprint density at radius 2 is 2.14 bits per heavy atom. The van der Waals surface area contributed by atoms with Crippen LogP contribution >= 0.6 is 11.6 Å². The van der Waals surface area contributed by atoms with Crippen molar-refractivity contribution in [3.63, 3.8) is 0 Å². The van der Waals surface area contributed by atoms with Gasteiger partial charge in [-0.1, -0.05) is 35.9 Å². The Morgan fingerprint density at radius 1 is 1.32 bits per heavy atom. The lowest BCUT2D eigenvalue weighted by Crippen LogP contribution is -2.39. The summed E-state index contributed by atoms with van der Waals surface area (Å²) < 4.78 is 0. The van der Waals surface area contributed by atoms with Crippen molar-refractivity contribution in [1.82, 2.24) is 10.3 Å². The van der Waals surface area contributed by atoms with E-state index in [-0.39, 0.29) is 18.0 Å². The Morgan fingerprint density at radius 3 is 2.91 bits per heavy atom. The zero-order valence-corrected chi connectivity index (χ0v) is 13.1. The van der Waals surface area contributed by atoms with E-state index in [9.17, 15) is 4.79 Å². The molecular formula is C17H18ClN3O. The zero-order chi connectivity index (χ0) is 15.5. The van der Waals surface area contributed by atoms with E-state index >= 15 is 0 Å². The van der Waals surface area contributed by atoms with Crippen LogP contribution in [-0.2, 0) is 11.2 Å². The smallest absolute Gasteiger partial charge is 0.242 e. The monoisotopic (exact) mass is 315 g/mol. The number of aromatic nitrogens is 1. The Balaban J connectivity index is 1.61. The van der Waals surface area contributed by atoms with Gasteiger partial charge in [0.15, 0.2) is 0 Å². The van der Waals surface area contributed by atoms with Crippen LogP contribution in [0.3, 0.4) is 0 Å². The predicted molar refractivity (Wildman–Crippen MR) is 88.0 cm³/mol. The topological polar surface area (TPSA) is 54.0 Å². The molecule has 114 valence electrons. The molecule has 1 aliphatic rings. The third-order valence-corrected chi connectivity index (χ3v) is 4.18. The fourth-order valence-electron chi connectivity index (χ4n) is 2.79. The van der Waals surface area contributed by atoms with Crippen molar-refractivity contribution in [3.05, 3.63) is 58.7 Å². The lowest BCUT2D eigenvalue weighted by Gasteiger charge is -2.19. The molecular weight excluding hydrogens is 298 g/mol. The molecule has 0 fully saturated rings. The maximum atomic E-state index is 12.3. The highest BCUT2D eigenvalue weighted by atomic mass is 35.5. The van der Waals surface area contributed by atoms with Crippen LogP contribution in [-0.4, -0.2) is 16.9 Å². The van der Waals surface area contributed by atoms with E-state index in [1.807, 2.05) is 13.0 Å². The quantitative estimate of drug-likeness (QED) is 0.910. The molecule has 5 heteroatoms. The highest BCUT2D eigenvalue weighted by Gasteiger charge is 2.25. The molecule has 1 aromatic carbocycles. The Bertz CT molecular complexity index is 672. The largest absolute Gasteiger partial charge is 0.309 e. The molecule has 1 heterocycles. The van der Waals surface area contributed by atoms with Gasteiger partial charge in [0.1, 0.15) is 5.82 Å². The number of anilines is 1. The van der Waals surface area contributed by atoms with E-state index in [1.54, 1.807) is 12.1 Å². The number of carbonyl (C=O) groups is 1. The fourth-order valence-corrected chi connectivity index (χ4v) is 2.90. The minimum Gasteiger partial charge on any atom is -0.309 e. The summed E-state index contributed by atoms with van der Waals surface area (Å²) in [4.78, 5) is 16.3. The van der Waals surface area contributed by atoms with Gasteiger partial charge in [0.05, 0.1) is 11.1 Å². The molecule has 4 nitrogen and oxygen atoms in total. The number of hydrogen-bond acceptors (Lipinski definition) is 3. The van der Waals surface area contributed by atoms with Gasteiger partial charge < -0.3 is 5.32 Å². The zero-order valence-electron chi connectivity index (χ0n) is 12.3. The molecule has 0 saturated carbocycles. The van der Waals surface area contributed by atoms with Crippen LogP contribution in [0.2, 0.25) is 5.02 Å². The number of hydrogen-bond donors (Lipinski definition) is 2. The summed E-state index contributed by atoms with van der Waals surface area (Å²) in [6.45, 7) is 1.87. The van der Waals surface area contributed by atoms with E-state index in [0.29, 0.717) is 10.8 Å². The predicted octanol–water partition coefficient (Wildman–Crippen LogP) is 3.34. The normalized spacial score (nSPS) is 17.8. The van der Waals surface area contributed by atoms with E-state index in [1.165, 1.54) is 17.3 Å². The van der Waals surface area contributed by atoms with Gasteiger partial charge >= 0.3 is 0 Å². The molecule has 1 aromatic heterocycles. The molecule has 0 bridgehead atoms. The van der Waals surface area contributed by atoms with Crippen LogP contribution in [0.25, 0.3) is 0 Å². The van der Waals surface area contributed by atoms with Crippen LogP contribution in [0.15, 0.2) is 42.6 Å². The molecule has 3 rings (SSSR count). The standard InChI is InChI=1S/C17H18ClN3O/c1-11(17(22)21-16-9-7-13(18)10-19-16)20-15-8-6-12-4-2-3-5-14(12)15/h2-5,7,9-11,15,20H,6,8H2,1H3,(H,19,21,22)/t11-,15-/m1/s1. The second-order valence-corrected chi connectivity index (χ2v) is 5.97. The van der Waals surface area contributed by atoms with E-state index in [0.717, 1.165) is 12.8 Å². The molecule has 1 aliphatic carbocycles. The number of fused-ring (bicyclic) bond motifs is 1. The van der Waals surface area contributed by atoms with E-state index in [4.69, 9.17) is 11.6 Å². The van der Waals surface area contributed by atoms with Crippen LogP contribution in [0, 0.1) is 0 Å². The van der Waals surface area contributed by atoms with Crippen molar-refractivity contribution < 1.29 is 4.79 Å². The molecule has 0 saturated heterocycles. The summed E-state index contributed by atoms with van der Waals surface area (Å²) in [6, 6.07) is 11.7. The van der Waals surface area contributed by atoms with Crippen LogP contribution in [0.1, 0.15) is 30.5 Å². The Hall–Kier alpha value is -1.91. The van der Waals surface area contributed by atoms with Crippen molar-refractivity contribution in [2.45, 2.75) is 31.8 Å². The molecule has 1 amide bonds. The third-order valence-electron chi connectivity index (χ3n) is 3.96. The average Bonchev–Trinajstić information content (AvgIpc) is 2.93. The number of pyridine rings is 1. The average molecular weight is 316 g/mol. The molecule has 0 spiro atoms. The molecule has 0 radical (unpaired) electrons. The minimum absolute atomic E-state index is 0.0980. The van der Waals surface area contributed by atoms with Gasteiger partial charge in [0.2, 0.25) is 5.91 Å². The van der Waals surface area contributed by atoms with E-state index < -0.39 is 0 Å². The number of rotatable bonds is 4. The summed E-state index contributed by atoms with van der Waals surface area (Å²) in [5.41, 5.74) is 2.67. The van der Waals surface area contributed by atoms with Gasteiger partial charge in [0.25, 0.3) is 0 Å². The molecule has 22 heavy (non-hydrogen) atoms. The van der Waals surface area contributed by atoms with Crippen molar-refractivity contribution in [3.8, 4) is 0 Å². The SMILES string of the molecule is C[C@@H](N[C@@H]1CCc2ccccc21)C(=O)Nc1ccc(Cl)cn1. The molecule has 2 N–H and O–H groups in total. The molecule has 2 aromatic rings. The van der Waals surface area contributed by atoms with Crippen molar-refractivity contribution in [1.29, 1.82) is 0 Å². The summed E-state index contributed by atoms with van der Waals surface area (Å²) in [5.74, 6) is 0.411. The molecule has 2 atom stereocenters. The van der Waals surface area contributed by atoms with Crippen LogP contribution < -0.4 is 10.6 Å². The van der Waals surface area contributed by atoms with Crippen molar-refractivity contribution in [2.75, 3.05) is 5.32 Å². The molecule has 0 unspecified atom stereocenters. The van der Waals surface area contributed by atoms with Gasteiger partial charge in [-0.3, -0.25) is 10.1 Å². The van der Waals surface area contributed by atoms with Gasteiger partial charge in [-0.05, 0) is 43.0 Å². The first kappa shape index (κ1) is 15.0. The van der Waals surface area contributed by atoms with Gasteiger partial charge in [-0.25, -0.2) is 4.98 Å². The maximum absolute atomic E-state index is 12.3. The number of aryl methyl sites for hydroxylation is 1. The van der Waals surface area contributed by atoms with Crippen LogP contribution in [0.5, 0.6) is 0 Å². The van der Waals surface area contributed by atoms with Crippen molar-refractivity contribution >= 4 is 23.3 Å². The summed E-state index contributed by atoms with van der Waals surface area (Å²) in [7, 11) is 0. The summed E-state index contributed by atoms with van der Waals surface area (Å²) >= 11 is 5.78. The number of benzene rings is 1. The van der Waals surface area contributed by atoms with Gasteiger partial charge in [-0.2, -0.15) is 0 Å². The fraction of sp³-hybridized carbons (Fsp3) is 0.294. The van der Waals surface area contributed by atoms with E-state index in [2.05, 4.69) is 33.8 Å². The lowest BCUT2D eigenvalue weighted by molar-refractivity contribution is -0.118. The number of nitrogens with one attached hydrogen (secondary N) is 2. The van der Waals surface area contributed by atoms with Crippen LogP contribution in [0.4, 0.5) is 5.82 Å². The minimum atomic E-state index is -0.298. The van der Waals surface area contributed by atoms with Gasteiger partial charge in [0, 0.05) is 12.2 Å². The number of amides is 1. The third kappa shape index (κ3) is 3.29. The summed E-state index contributed by atoms with van der Waals surface area (Å²) in [5, 5.41) is 6.74. The number of nitrogens with zero attached hydrogens (tertiary/aromatic N) is 1. The maximum Gasteiger partial charge on any atom is 0.242 e. The first-order valence-electron chi connectivity index (χ1n) is 7.40. The molecule has 0 aliphatic heterocycles.